The van der Waals surface area contributed by atoms with E-state index in [4.69, 9.17) is 0 Å². The average Bonchev–Trinajstić information content (AvgIpc) is 2.53. The minimum absolute atomic E-state index is 0.214. The van der Waals surface area contributed by atoms with Gasteiger partial charge < -0.3 is 5.32 Å². The highest BCUT2D eigenvalue weighted by Crippen LogP contribution is 2.29. The smallest absolute Gasteiger partial charge is 0.352 e. The van der Waals surface area contributed by atoms with Crippen LogP contribution in [0.2, 0.25) is 19.6 Å². The van der Waals surface area contributed by atoms with Gasteiger partial charge in [-0.1, -0.05) is 55.2 Å². The summed E-state index contributed by atoms with van der Waals surface area (Å²) in [5, 5.41) is 4.03. The third-order valence-electron chi connectivity index (χ3n) is 3.97. The van der Waals surface area contributed by atoms with Gasteiger partial charge in [-0.2, -0.15) is 13.2 Å². The normalized spacial score (nSPS) is 12.1. The zero-order valence-electron chi connectivity index (χ0n) is 14.6. The number of amides is 1. The van der Waals surface area contributed by atoms with Gasteiger partial charge in [0.15, 0.2) is 0 Å². The lowest BCUT2D eigenvalue weighted by atomic mass is 10.1. The number of hydrogen-bond donors (Lipinski definition) is 1. The molecule has 0 aliphatic heterocycles. The number of carbonyl (C=O) groups excluding carboxylic acids is 1. The number of nitrogens with one attached hydrogen (secondary N) is 1. The molecule has 0 fully saturated rings. The van der Waals surface area contributed by atoms with Crippen LogP contribution >= 0.6 is 0 Å². The second kappa shape index (κ2) is 7.43. The minimum atomic E-state index is -4.35. The molecule has 0 atom stereocenters. The predicted octanol–water partition coefficient (Wildman–Crippen LogP) is 4.22. The van der Waals surface area contributed by atoms with Crippen LogP contribution in [0.1, 0.15) is 21.5 Å². The molecular weight excluding hydrogens is 343 g/mol. The third kappa shape index (κ3) is 5.46. The van der Waals surface area contributed by atoms with Crippen molar-refractivity contribution in [1.29, 1.82) is 0 Å². The van der Waals surface area contributed by atoms with Gasteiger partial charge in [0, 0.05) is 12.1 Å². The van der Waals surface area contributed by atoms with E-state index in [2.05, 4.69) is 25.0 Å². The summed E-state index contributed by atoms with van der Waals surface area (Å²) in [6.45, 7) is 6.99. The van der Waals surface area contributed by atoms with Crippen molar-refractivity contribution >= 4 is 19.2 Å². The molecule has 0 heterocycles. The maximum atomic E-state index is 12.7. The lowest BCUT2D eigenvalue weighted by Gasteiger charge is -2.16. The van der Waals surface area contributed by atoms with E-state index in [1.54, 1.807) is 18.2 Å². The minimum Gasteiger partial charge on any atom is -0.352 e. The third-order valence-corrected chi connectivity index (χ3v) is 6.03. The highest BCUT2D eigenvalue weighted by Gasteiger charge is 2.30. The number of carbonyl (C=O) groups is 1. The molecule has 2 aromatic carbocycles. The molecule has 1 amide bonds. The van der Waals surface area contributed by atoms with Crippen LogP contribution in [0, 0.1) is 0 Å². The monoisotopic (exact) mass is 365 g/mol. The van der Waals surface area contributed by atoms with E-state index < -0.39 is 19.8 Å². The Kier molecular flexibility index (Phi) is 5.72. The van der Waals surface area contributed by atoms with Gasteiger partial charge in [-0.25, -0.2) is 0 Å². The van der Waals surface area contributed by atoms with Gasteiger partial charge >= 0.3 is 6.18 Å². The fraction of sp³-hybridized carbons (Fsp3) is 0.316. The molecule has 2 nitrogen and oxygen atoms in total. The van der Waals surface area contributed by atoms with Crippen LogP contribution in [0.4, 0.5) is 13.2 Å². The Labute approximate surface area is 147 Å². The first-order valence-corrected chi connectivity index (χ1v) is 11.6. The molecule has 25 heavy (non-hydrogen) atoms. The second-order valence-electron chi connectivity index (χ2n) is 7.03. The summed E-state index contributed by atoms with van der Waals surface area (Å²) in [6.07, 6.45) is -4.00. The maximum absolute atomic E-state index is 12.7. The summed E-state index contributed by atoms with van der Waals surface area (Å²) < 4.78 is 38.1. The largest absolute Gasteiger partial charge is 0.416 e. The number of benzene rings is 2. The van der Waals surface area contributed by atoms with Crippen molar-refractivity contribution in [3.8, 4) is 0 Å². The first kappa shape index (κ1) is 19.2. The average molecular weight is 365 g/mol. The van der Waals surface area contributed by atoms with Gasteiger partial charge in [0.25, 0.3) is 5.91 Å². The SMILES string of the molecule is C[Si](C)(C)c1ccc(C(=O)NCCc2cccc(C(F)(F)F)c2)cc1. The molecule has 2 aromatic rings. The van der Waals surface area contributed by atoms with Crippen LogP contribution in [0.3, 0.4) is 0 Å². The maximum Gasteiger partial charge on any atom is 0.416 e. The van der Waals surface area contributed by atoms with Crippen LogP contribution in [0.5, 0.6) is 0 Å². The molecule has 0 aliphatic rings. The Hall–Kier alpha value is -2.08. The molecule has 0 aliphatic carbocycles. The zero-order valence-corrected chi connectivity index (χ0v) is 15.6. The Balaban J connectivity index is 1.93. The molecular formula is C19H22F3NOSi. The number of alkyl halides is 3. The van der Waals surface area contributed by atoms with Crippen LogP contribution in [0.25, 0.3) is 0 Å². The van der Waals surface area contributed by atoms with Crippen molar-refractivity contribution in [2.24, 2.45) is 0 Å². The van der Waals surface area contributed by atoms with Gasteiger partial charge in [-0.3, -0.25) is 4.79 Å². The summed E-state index contributed by atoms with van der Waals surface area (Å²) in [5.74, 6) is -0.214. The molecule has 0 aromatic heterocycles. The van der Waals surface area contributed by atoms with Crippen LogP contribution in [0.15, 0.2) is 48.5 Å². The number of hydrogen-bond acceptors (Lipinski definition) is 1. The molecule has 0 radical (unpaired) electrons. The van der Waals surface area contributed by atoms with Crippen LogP contribution in [-0.4, -0.2) is 20.5 Å². The molecule has 2 rings (SSSR count). The topological polar surface area (TPSA) is 29.1 Å². The highest BCUT2D eigenvalue weighted by molar-refractivity contribution is 6.88. The number of halogens is 3. The van der Waals surface area contributed by atoms with E-state index in [-0.39, 0.29) is 12.5 Å². The molecule has 0 saturated carbocycles. The molecule has 6 heteroatoms. The van der Waals surface area contributed by atoms with E-state index in [1.165, 1.54) is 11.3 Å². The van der Waals surface area contributed by atoms with Crippen molar-refractivity contribution in [2.75, 3.05) is 6.54 Å². The van der Waals surface area contributed by atoms with Crippen LogP contribution in [-0.2, 0) is 12.6 Å². The summed E-state index contributed by atoms with van der Waals surface area (Å²) >= 11 is 0. The standard InChI is InChI=1S/C19H22F3NOSi/c1-25(2,3)17-9-7-15(8-10-17)18(24)23-12-11-14-5-4-6-16(13-14)19(20,21)22/h4-10,13H,11-12H2,1-3H3,(H,23,24). The molecule has 0 spiro atoms. The van der Waals surface area contributed by atoms with Crippen LogP contribution < -0.4 is 10.5 Å². The molecule has 0 bridgehead atoms. The van der Waals surface area contributed by atoms with Crippen molar-refractivity contribution in [1.82, 2.24) is 5.32 Å². The Morgan fingerprint density at radius 3 is 2.24 bits per heavy atom. The summed E-state index contributed by atoms with van der Waals surface area (Å²) in [7, 11) is -1.41. The number of rotatable bonds is 5. The molecule has 134 valence electrons. The first-order chi connectivity index (χ1) is 11.6. The Morgan fingerprint density at radius 2 is 1.68 bits per heavy atom. The second-order valence-corrected chi connectivity index (χ2v) is 12.1. The lowest BCUT2D eigenvalue weighted by Crippen LogP contribution is -2.37. The lowest BCUT2D eigenvalue weighted by molar-refractivity contribution is -0.137. The predicted molar refractivity (Wildman–Crippen MR) is 96.9 cm³/mol. The zero-order chi connectivity index (χ0) is 18.7. The summed E-state index contributed by atoms with van der Waals surface area (Å²) in [6, 6.07) is 12.7. The Morgan fingerprint density at radius 1 is 1.04 bits per heavy atom. The quantitative estimate of drug-likeness (QED) is 0.790. The Bertz CT molecular complexity index is 734. The van der Waals surface area contributed by atoms with E-state index in [1.807, 2.05) is 12.1 Å². The van der Waals surface area contributed by atoms with E-state index in [0.29, 0.717) is 17.5 Å². The van der Waals surface area contributed by atoms with Gasteiger partial charge in [-0.05, 0) is 30.2 Å². The van der Waals surface area contributed by atoms with E-state index in [9.17, 15) is 18.0 Å². The van der Waals surface area contributed by atoms with E-state index >= 15 is 0 Å². The van der Waals surface area contributed by atoms with Gasteiger partial charge in [0.05, 0.1) is 13.6 Å². The van der Waals surface area contributed by atoms with Gasteiger partial charge in [-0.15, -0.1) is 0 Å². The molecule has 0 saturated heterocycles. The van der Waals surface area contributed by atoms with E-state index in [0.717, 1.165) is 12.1 Å². The molecule has 0 unspecified atom stereocenters. The highest BCUT2D eigenvalue weighted by atomic mass is 28.3. The van der Waals surface area contributed by atoms with Crippen molar-refractivity contribution in [3.05, 3.63) is 65.2 Å². The van der Waals surface area contributed by atoms with Crippen molar-refractivity contribution in [3.63, 3.8) is 0 Å². The summed E-state index contributed by atoms with van der Waals surface area (Å²) in [5.41, 5.74) is 0.438. The summed E-state index contributed by atoms with van der Waals surface area (Å²) in [4.78, 5) is 12.1. The molecule has 1 N–H and O–H groups in total. The van der Waals surface area contributed by atoms with Gasteiger partial charge in [0.2, 0.25) is 0 Å². The van der Waals surface area contributed by atoms with Crippen molar-refractivity contribution < 1.29 is 18.0 Å². The fourth-order valence-corrected chi connectivity index (χ4v) is 3.61. The first-order valence-electron chi connectivity index (χ1n) is 8.12. The fourth-order valence-electron chi connectivity index (χ4n) is 2.45. The van der Waals surface area contributed by atoms with Crippen molar-refractivity contribution in [2.45, 2.75) is 32.2 Å². The van der Waals surface area contributed by atoms with Gasteiger partial charge in [0.1, 0.15) is 0 Å².